The van der Waals surface area contributed by atoms with Crippen molar-refractivity contribution >= 4 is 67.5 Å². The highest BCUT2D eigenvalue weighted by Gasteiger charge is 2.33. The Bertz CT molecular complexity index is 1210. The van der Waals surface area contributed by atoms with Crippen molar-refractivity contribution in [1.29, 1.82) is 0 Å². The summed E-state index contributed by atoms with van der Waals surface area (Å²) in [6.45, 7) is 0. The van der Waals surface area contributed by atoms with Crippen LogP contribution >= 0.6 is 35.3 Å². The average molecular weight is 422 g/mol. The van der Waals surface area contributed by atoms with Gasteiger partial charge in [0.05, 0.1) is 27.0 Å². The van der Waals surface area contributed by atoms with E-state index >= 15 is 0 Å². The molecule has 4 aromatic rings. The van der Waals surface area contributed by atoms with Gasteiger partial charge in [-0.3, -0.25) is 14.7 Å². The number of carbonyl (C=O) groups excluding carboxylic acids is 1. The lowest BCUT2D eigenvalue weighted by Gasteiger charge is -2.13. The molecular formula is C20H11N3O2S3. The van der Waals surface area contributed by atoms with Gasteiger partial charge in [-0.15, -0.1) is 11.3 Å². The molecule has 0 bridgehead atoms. The zero-order valence-electron chi connectivity index (χ0n) is 14.2. The van der Waals surface area contributed by atoms with Gasteiger partial charge in [-0.25, -0.2) is 4.98 Å². The quantitative estimate of drug-likeness (QED) is 0.328. The summed E-state index contributed by atoms with van der Waals surface area (Å²) in [4.78, 5) is 23.4. The highest BCUT2D eigenvalue weighted by molar-refractivity contribution is 8.27. The summed E-state index contributed by atoms with van der Waals surface area (Å²) >= 11 is 8.19. The Kier molecular flexibility index (Phi) is 4.31. The van der Waals surface area contributed by atoms with Gasteiger partial charge in [-0.1, -0.05) is 36.1 Å². The fourth-order valence-corrected chi connectivity index (χ4v) is 5.04. The zero-order chi connectivity index (χ0) is 19.1. The standard InChI is InChI=1S/C20H11N3O2S3/c24-19-17(28-20(26)23(19)12-4-3-9-21-11-12)10-13-7-8-15(25-13)18-22-14-5-1-2-6-16(14)27-18/h1-11H/b17-10-. The highest BCUT2D eigenvalue weighted by Crippen LogP contribution is 2.37. The minimum atomic E-state index is -0.180. The number of amides is 1. The number of furan rings is 1. The maximum atomic E-state index is 12.8. The van der Waals surface area contributed by atoms with Crippen LogP contribution in [0.3, 0.4) is 0 Å². The van der Waals surface area contributed by atoms with E-state index in [1.54, 1.807) is 41.9 Å². The summed E-state index contributed by atoms with van der Waals surface area (Å²) in [5.41, 5.74) is 1.60. The molecule has 136 valence electrons. The van der Waals surface area contributed by atoms with Crippen LogP contribution in [0.1, 0.15) is 5.76 Å². The normalized spacial score (nSPS) is 15.9. The smallest absolute Gasteiger partial charge is 0.270 e. The third-order valence-corrected chi connectivity index (χ3v) is 6.46. The van der Waals surface area contributed by atoms with Crippen LogP contribution in [0.2, 0.25) is 0 Å². The maximum Gasteiger partial charge on any atom is 0.270 e. The van der Waals surface area contributed by atoms with Gasteiger partial charge in [-0.05, 0) is 36.4 Å². The maximum absolute atomic E-state index is 12.8. The third-order valence-electron chi connectivity index (χ3n) is 4.10. The fraction of sp³-hybridized carbons (Fsp3) is 0. The zero-order valence-corrected chi connectivity index (χ0v) is 16.7. The first kappa shape index (κ1) is 17.3. The first-order valence-corrected chi connectivity index (χ1v) is 10.4. The highest BCUT2D eigenvalue weighted by atomic mass is 32.2. The van der Waals surface area contributed by atoms with E-state index in [0.717, 1.165) is 15.2 Å². The molecule has 5 nitrogen and oxygen atoms in total. The topological polar surface area (TPSA) is 59.2 Å². The van der Waals surface area contributed by atoms with E-state index < -0.39 is 0 Å². The van der Waals surface area contributed by atoms with E-state index in [0.29, 0.717) is 26.4 Å². The van der Waals surface area contributed by atoms with Crippen LogP contribution in [0, 0.1) is 0 Å². The van der Waals surface area contributed by atoms with Crippen molar-refractivity contribution in [3.05, 3.63) is 71.6 Å². The number of carbonyl (C=O) groups is 1. The van der Waals surface area contributed by atoms with Crippen molar-refractivity contribution in [2.45, 2.75) is 0 Å². The van der Waals surface area contributed by atoms with E-state index in [9.17, 15) is 4.79 Å². The van der Waals surface area contributed by atoms with Crippen LogP contribution in [0.5, 0.6) is 0 Å². The molecule has 0 atom stereocenters. The number of fused-ring (bicyclic) bond motifs is 1. The SMILES string of the molecule is O=C1/C(=C/c2ccc(-c3nc4ccccc4s3)o2)SC(=S)N1c1cccnc1. The lowest BCUT2D eigenvalue weighted by Crippen LogP contribution is -2.27. The molecule has 0 saturated carbocycles. The second-order valence-corrected chi connectivity index (χ2v) is 8.62. The van der Waals surface area contributed by atoms with Crippen LogP contribution in [-0.4, -0.2) is 20.2 Å². The molecular weight excluding hydrogens is 410 g/mol. The van der Waals surface area contributed by atoms with E-state index in [1.165, 1.54) is 16.7 Å². The number of hydrogen-bond acceptors (Lipinski definition) is 7. The molecule has 8 heteroatoms. The van der Waals surface area contributed by atoms with Crippen molar-refractivity contribution in [1.82, 2.24) is 9.97 Å². The Morgan fingerprint density at radius 2 is 2.00 bits per heavy atom. The Morgan fingerprint density at radius 3 is 2.82 bits per heavy atom. The van der Waals surface area contributed by atoms with Crippen LogP contribution < -0.4 is 4.90 Å². The number of nitrogens with zero attached hydrogens (tertiary/aromatic N) is 3. The summed E-state index contributed by atoms with van der Waals surface area (Å²) < 4.78 is 7.50. The number of hydrogen-bond donors (Lipinski definition) is 0. The van der Waals surface area contributed by atoms with Gasteiger partial charge in [0.1, 0.15) is 5.76 Å². The van der Waals surface area contributed by atoms with Crippen LogP contribution in [0.25, 0.3) is 27.1 Å². The van der Waals surface area contributed by atoms with Gasteiger partial charge >= 0.3 is 0 Å². The van der Waals surface area contributed by atoms with E-state index in [1.807, 2.05) is 36.4 Å². The molecule has 3 aromatic heterocycles. The molecule has 1 aliphatic rings. The summed E-state index contributed by atoms with van der Waals surface area (Å²) in [5, 5.41) is 0.809. The predicted molar refractivity (Wildman–Crippen MR) is 117 cm³/mol. The number of rotatable bonds is 3. The van der Waals surface area contributed by atoms with Crippen molar-refractivity contribution in [2.75, 3.05) is 4.90 Å². The van der Waals surface area contributed by atoms with E-state index in [-0.39, 0.29) is 5.91 Å². The van der Waals surface area contributed by atoms with E-state index in [4.69, 9.17) is 16.6 Å². The average Bonchev–Trinajstić information content (AvgIpc) is 3.40. The molecule has 5 rings (SSSR count). The van der Waals surface area contributed by atoms with Gasteiger partial charge < -0.3 is 4.42 Å². The molecule has 0 spiro atoms. The summed E-state index contributed by atoms with van der Waals surface area (Å²) in [7, 11) is 0. The van der Waals surface area contributed by atoms with Gasteiger partial charge in [0.2, 0.25) is 0 Å². The molecule has 1 aliphatic heterocycles. The molecule has 0 N–H and O–H groups in total. The molecule has 0 aliphatic carbocycles. The minimum absolute atomic E-state index is 0.180. The molecule has 0 unspecified atom stereocenters. The van der Waals surface area contributed by atoms with Crippen molar-refractivity contribution in [3.8, 4) is 10.8 Å². The molecule has 1 amide bonds. The minimum Gasteiger partial charge on any atom is -0.454 e. The fourth-order valence-electron chi connectivity index (χ4n) is 2.83. The van der Waals surface area contributed by atoms with E-state index in [2.05, 4.69) is 9.97 Å². The number of pyridine rings is 1. The predicted octanol–water partition coefficient (Wildman–Crippen LogP) is 5.36. The number of benzene rings is 1. The molecule has 1 aromatic carbocycles. The van der Waals surface area contributed by atoms with Gasteiger partial charge in [0.25, 0.3) is 5.91 Å². The lowest BCUT2D eigenvalue weighted by atomic mass is 10.3. The number of thiazole rings is 1. The first-order chi connectivity index (χ1) is 13.7. The van der Waals surface area contributed by atoms with Crippen LogP contribution in [-0.2, 0) is 4.79 Å². The van der Waals surface area contributed by atoms with Crippen LogP contribution in [0.4, 0.5) is 5.69 Å². The van der Waals surface area contributed by atoms with Crippen molar-refractivity contribution in [3.63, 3.8) is 0 Å². The number of aromatic nitrogens is 2. The Hall–Kier alpha value is -2.81. The van der Waals surface area contributed by atoms with Crippen molar-refractivity contribution < 1.29 is 9.21 Å². The third kappa shape index (κ3) is 3.05. The Morgan fingerprint density at radius 1 is 1.11 bits per heavy atom. The number of thiocarbonyl (C=S) groups is 1. The van der Waals surface area contributed by atoms with Gasteiger partial charge in [0.15, 0.2) is 15.1 Å². The summed E-state index contributed by atoms with van der Waals surface area (Å²) in [6.07, 6.45) is 4.99. The Labute approximate surface area is 173 Å². The largest absolute Gasteiger partial charge is 0.454 e. The Balaban J connectivity index is 1.44. The molecule has 0 radical (unpaired) electrons. The molecule has 1 saturated heterocycles. The number of para-hydroxylation sites is 1. The van der Waals surface area contributed by atoms with Crippen LogP contribution in [0.15, 0.2) is 70.2 Å². The van der Waals surface area contributed by atoms with Crippen molar-refractivity contribution in [2.24, 2.45) is 0 Å². The molecule has 4 heterocycles. The molecule has 28 heavy (non-hydrogen) atoms. The summed E-state index contributed by atoms with van der Waals surface area (Å²) in [5.74, 6) is 1.08. The van der Waals surface area contributed by atoms with Gasteiger partial charge in [-0.2, -0.15) is 0 Å². The second-order valence-electron chi connectivity index (χ2n) is 5.92. The second kappa shape index (κ2) is 6.97. The molecule has 1 fully saturated rings. The first-order valence-electron chi connectivity index (χ1n) is 8.33. The number of thioether (sulfide) groups is 1. The summed E-state index contributed by atoms with van der Waals surface area (Å²) in [6, 6.07) is 15.2. The monoisotopic (exact) mass is 421 g/mol. The lowest BCUT2D eigenvalue weighted by molar-refractivity contribution is -0.113. The number of anilines is 1. The van der Waals surface area contributed by atoms with Gasteiger partial charge in [0, 0.05) is 12.3 Å².